The number of nitriles is 1. The van der Waals surface area contributed by atoms with Gasteiger partial charge in [-0.2, -0.15) is 5.26 Å². The fourth-order valence-corrected chi connectivity index (χ4v) is 4.55. The topological polar surface area (TPSA) is 97.6 Å². The minimum Gasteiger partial charge on any atom is -0.401 e. The van der Waals surface area contributed by atoms with Gasteiger partial charge in [0.15, 0.2) is 16.8 Å². The molecule has 2 N–H and O–H groups in total. The fraction of sp³-hybridized carbons (Fsp3) is 0.400. The molecule has 0 bridgehead atoms. The molecule has 1 aromatic carbocycles. The zero-order chi connectivity index (χ0) is 20.1. The Morgan fingerprint density at radius 1 is 1.29 bits per heavy atom. The van der Waals surface area contributed by atoms with E-state index in [4.69, 9.17) is 11.0 Å². The van der Waals surface area contributed by atoms with Crippen molar-refractivity contribution < 1.29 is 4.79 Å². The molecule has 6 nitrogen and oxygen atoms in total. The number of carbonyl (C=O) groups is 1. The Hall–Kier alpha value is -2.11. The number of allylic oxidation sites excluding steroid dienone is 2. The van der Waals surface area contributed by atoms with Gasteiger partial charge in [-0.3, -0.25) is 9.36 Å². The van der Waals surface area contributed by atoms with E-state index in [1.807, 2.05) is 30.3 Å². The monoisotopic (exact) mass is 459 g/mol. The summed E-state index contributed by atoms with van der Waals surface area (Å²) in [5, 5.41) is 18.7. The van der Waals surface area contributed by atoms with Crippen LogP contribution in [0.2, 0.25) is 0 Å². The Labute approximate surface area is 177 Å². The SMILES string of the molecule is C/C(N)=C(\C#N)C(=O)CSc1nnc(-c2ccc(Br)cc2)n1C1CCCCC1. The lowest BCUT2D eigenvalue weighted by atomic mass is 9.95. The molecule has 1 aliphatic rings. The molecule has 0 atom stereocenters. The Balaban J connectivity index is 1.90. The lowest BCUT2D eigenvalue weighted by Gasteiger charge is -2.25. The molecular weight excluding hydrogens is 438 g/mol. The fourth-order valence-electron chi connectivity index (χ4n) is 3.41. The summed E-state index contributed by atoms with van der Waals surface area (Å²) in [6.07, 6.45) is 5.76. The zero-order valence-corrected chi connectivity index (χ0v) is 18.1. The molecule has 1 saturated carbocycles. The summed E-state index contributed by atoms with van der Waals surface area (Å²) in [6, 6.07) is 10.2. The van der Waals surface area contributed by atoms with E-state index >= 15 is 0 Å². The smallest absolute Gasteiger partial charge is 0.192 e. The minimum absolute atomic E-state index is 0.0179. The predicted molar refractivity (Wildman–Crippen MR) is 114 cm³/mol. The average molecular weight is 460 g/mol. The van der Waals surface area contributed by atoms with Crippen LogP contribution in [0, 0.1) is 11.3 Å². The minimum atomic E-state index is -0.282. The van der Waals surface area contributed by atoms with Gasteiger partial charge in [-0.1, -0.05) is 59.1 Å². The van der Waals surface area contributed by atoms with Gasteiger partial charge in [0.2, 0.25) is 0 Å². The molecule has 0 amide bonds. The molecule has 1 fully saturated rings. The van der Waals surface area contributed by atoms with Crippen LogP contribution in [-0.2, 0) is 4.79 Å². The number of nitrogens with zero attached hydrogens (tertiary/aromatic N) is 4. The third-order valence-electron chi connectivity index (χ3n) is 4.82. The molecule has 0 unspecified atom stereocenters. The molecule has 28 heavy (non-hydrogen) atoms. The van der Waals surface area contributed by atoms with Crippen LogP contribution < -0.4 is 5.73 Å². The molecule has 1 heterocycles. The number of hydrogen-bond donors (Lipinski definition) is 1. The van der Waals surface area contributed by atoms with E-state index in [0.29, 0.717) is 11.2 Å². The van der Waals surface area contributed by atoms with Gasteiger partial charge in [0.1, 0.15) is 11.6 Å². The van der Waals surface area contributed by atoms with Crippen molar-refractivity contribution in [1.29, 1.82) is 5.26 Å². The molecule has 1 aliphatic carbocycles. The standard InChI is InChI=1S/C20H22BrN5OS/c1-13(23)17(11-22)18(27)12-28-20-25-24-19(14-7-9-15(21)10-8-14)26(20)16-5-3-2-4-6-16/h7-10,16H,2-6,12,23H2,1H3/b17-13-. The Morgan fingerprint density at radius 3 is 2.57 bits per heavy atom. The number of hydrogen-bond acceptors (Lipinski definition) is 6. The Bertz CT molecular complexity index is 919. The summed E-state index contributed by atoms with van der Waals surface area (Å²) in [7, 11) is 0. The lowest BCUT2D eigenvalue weighted by Crippen LogP contribution is -2.16. The first-order valence-corrected chi connectivity index (χ1v) is 11.0. The Morgan fingerprint density at radius 2 is 1.96 bits per heavy atom. The second-order valence-electron chi connectivity index (χ2n) is 6.86. The van der Waals surface area contributed by atoms with Crippen LogP contribution in [0.25, 0.3) is 11.4 Å². The van der Waals surface area contributed by atoms with Crippen molar-refractivity contribution in [1.82, 2.24) is 14.8 Å². The lowest BCUT2D eigenvalue weighted by molar-refractivity contribution is -0.112. The first-order valence-electron chi connectivity index (χ1n) is 9.24. The molecule has 2 aromatic rings. The van der Waals surface area contributed by atoms with Crippen LogP contribution in [0.1, 0.15) is 45.1 Å². The van der Waals surface area contributed by atoms with Gasteiger partial charge in [-0.15, -0.1) is 10.2 Å². The third kappa shape index (κ3) is 4.65. The number of aromatic nitrogens is 3. The van der Waals surface area contributed by atoms with Gasteiger partial charge in [-0.25, -0.2) is 0 Å². The van der Waals surface area contributed by atoms with E-state index in [9.17, 15) is 4.79 Å². The van der Waals surface area contributed by atoms with Crippen LogP contribution in [0.4, 0.5) is 0 Å². The van der Waals surface area contributed by atoms with E-state index in [1.54, 1.807) is 6.92 Å². The number of rotatable bonds is 6. The van der Waals surface area contributed by atoms with E-state index in [1.165, 1.54) is 31.0 Å². The molecule has 146 valence electrons. The number of carbonyl (C=O) groups excluding carboxylic acids is 1. The maximum Gasteiger partial charge on any atom is 0.192 e. The molecule has 0 spiro atoms. The number of thioether (sulfide) groups is 1. The highest BCUT2D eigenvalue weighted by Gasteiger charge is 2.24. The van der Waals surface area contributed by atoms with Gasteiger partial charge >= 0.3 is 0 Å². The Kier molecular flexibility index (Phi) is 6.92. The van der Waals surface area contributed by atoms with Crippen LogP contribution in [0.5, 0.6) is 0 Å². The van der Waals surface area contributed by atoms with Crippen LogP contribution in [0.3, 0.4) is 0 Å². The van der Waals surface area contributed by atoms with Crippen molar-refractivity contribution in [2.45, 2.75) is 50.2 Å². The van der Waals surface area contributed by atoms with Crippen molar-refractivity contribution >= 4 is 33.5 Å². The molecule has 8 heteroatoms. The average Bonchev–Trinajstić information content (AvgIpc) is 3.12. The van der Waals surface area contributed by atoms with E-state index in [0.717, 1.165) is 28.7 Å². The predicted octanol–water partition coefficient (Wildman–Crippen LogP) is 4.63. The molecular formula is C20H22BrN5OS. The summed E-state index contributed by atoms with van der Waals surface area (Å²) in [4.78, 5) is 12.3. The third-order valence-corrected chi connectivity index (χ3v) is 6.30. The number of benzene rings is 1. The molecule has 0 aliphatic heterocycles. The van der Waals surface area contributed by atoms with Gasteiger partial charge in [0.05, 0.1) is 5.75 Å². The summed E-state index contributed by atoms with van der Waals surface area (Å²) >= 11 is 4.78. The first kappa shape index (κ1) is 20.6. The highest BCUT2D eigenvalue weighted by Crippen LogP contribution is 2.36. The summed E-state index contributed by atoms with van der Waals surface area (Å²) in [6.45, 7) is 1.57. The molecule has 3 rings (SSSR count). The molecule has 1 aromatic heterocycles. The van der Waals surface area contributed by atoms with E-state index in [-0.39, 0.29) is 22.8 Å². The van der Waals surface area contributed by atoms with Gasteiger partial charge in [-0.05, 0) is 31.9 Å². The summed E-state index contributed by atoms with van der Waals surface area (Å²) in [5.74, 6) is 0.652. The molecule has 0 saturated heterocycles. The van der Waals surface area contributed by atoms with E-state index < -0.39 is 0 Å². The quantitative estimate of drug-likeness (QED) is 0.384. The van der Waals surface area contributed by atoms with Crippen LogP contribution in [0.15, 0.2) is 45.2 Å². The largest absolute Gasteiger partial charge is 0.401 e. The zero-order valence-electron chi connectivity index (χ0n) is 15.7. The van der Waals surface area contributed by atoms with Crippen molar-refractivity contribution in [3.05, 3.63) is 40.0 Å². The number of ketones is 1. The van der Waals surface area contributed by atoms with Crippen molar-refractivity contribution in [2.24, 2.45) is 5.73 Å². The second kappa shape index (κ2) is 9.39. The second-order valence-corrected chi connectivity index (χ2v) is 8.71. The van der Waals surface area contributed by atoms with Gasteiger partial charge in [0, 0.05) is 21.8 Å². The normalized spacial score (nSPS) is 15.8. The van der Waals surface area contributed by atoms with E-state index in [2.05, 4.69) is 30.7 Å². The number of nitrogens with two attached hydrogens (primary N) is 1. The van der Waals surface area contributed by atoms with Crippen molar-refractivity contribution in [3.8, 4) is 17.5 Å². The van der Waals surface area contributed by atoms with Gasteiger partial charge in [0.25, 0.3) is 0 Å². The van der Waals surface area contributed by atoms with Gasteiger partial charge < -0.3 is 5.73 Å². The van der Waals surface area contributed by atoms with Crippen LogP contribution >= 0.6 is 27.7 Å². The van der Waals surface area contributed by atoms with Crippen molar-refractivity contribution in [2.75, 3.05) is 5.75 Å². The maximum absolute atomic E-state index is 12.3. The summed E-state index contributed by atoms with van der Waals surface area (Å²) in [5.41, 5.74) is 6.91. The number of halogens is 1. The first-order chi connectivity index (χ1) is 13.5. The maximum atomic E-state index is 12.3. The highest BCUT2D eigenvalue weighted by molar-refractivity contribution is 9.10. The number of Topliss-reactive ketones (excluding diaryl/α,β-unsaturated/α-hetero) is 1. The summed E-state index contributed by atoms with van der Waals surface area (Å²) < 4.78 is 3.18. The van der Waals surface area contributed by atoms with Crippen molar-refractivity contribution in [3.63, 3.8) is 0 Å². The highest BCUT2D eigenvalue weighted by atomic mass is 79.9. The van der Waals surface area contributed by atoms with Crippen LogP contribution in [-0.4, -0.2) is 26.3 Å². The molecule has 0 radical (unpaired) electrons.